The molecular formula is C17H21N3O3. The van der Waals surface area contributed by atoms with Crippen LogP contribution in [0.1, 0.15) is 38.6 Å². The van der Waals surface area contributed by atoms with E-state index in [0.29, 0.717) is 11.7 Å². The van der Waals surface area contributed by atoms with Crippen LogP contribution < -0.4 is 4.74 Å². The van der Waals surface area contributed by atoms with Gasteiger partial charge in [0.25, 0.3) is 0 Å². The van der Waals surface area contributed by atoms with E-state index in [2.05, 4.69) is 10.1 Å². The molecule has 1 atom stereocenters. The molecule has 23 heavy (non-hydrogen) atoms. The molecule has 1 saturated heterocycles. The SMILES string of the molecule is COc1cccc(-c2noc([C@@H]3CCCN3C(=O)C(C)C)n2)c1. The van der Waals surface area contributed by atoms with E-state index in [4.69, 9.17) is 9.26 Å². The first kappa shape index (κ1) is 15.5. The molecule has 0 bridgehead atoms. The molecule has 6 nitrogen and oxygen atoms in total. The zero-order valence-corrected chi connectivity index (χ0v) is 13.7. The number of amides is 1. The largest absolute Gasteiger partial charge is 0.497 e. The van der Waals surface area contributed by atoms with Gasteiger partial charge in [0, 0.05) is 18.0 Å². The van der Waals surface area contributed by atoms with Gasteiger partial charge >= 0.3 is 0 Å². The summed E-state index contributed by atoms with van der Waals surface area (Å²) in [6.07, 6.45) is 1.82. The molecule has 0 aliphatic carbocycles. The lowest BCUT2D eigenvalue weighted by Gasteiger charge is -2.23. The zero-order chi connectivity index (χ0) is 16.4. The molecule has 1 aromatic heterocycles. The number of aromatic nitrogens is 2. The van der Waals surface area contributed by atoms with E-state index >= 15 is 0 Å². The van der Waals surface area contributed by atoms with Crippen molar-refractivity contribution in [3.63, 3.8) is 0 Å². The van der Waals surface area contributed by atoms with Crippen LogP contribution >= 0.6 is 0 Å². The van der Waals surface area contributed by atoms with Crippen LogP contribution in [0.2, 0.25) is 0 Å². The summed E-state index contributed by atoms with van der Waals surface area (Å²) in [6.45, 7) is 4.57. The molecule has 2 aromatic rings. The third-order valence-electron chi connectivity index (χ3n) is 4.08. The highest BCUT2D eigenvalue weighted by Gasteiger charge is 2.34. The fourth-order valence-corrected chi connectivity index (χ4v) is 2.87. The molecule has 1 amide bonds. The molecule has 0 N–H and O–H groups in total. The fourth-order valence-electron chi connectivity index (χ4n) is 2.87. The van der Waals surface area contributed by atoms with Crippen molar-refractivity contribution in [2.24, 2.45) is 5.92 Å². The number of benzene rings is 1. The molecule has 1 aliphatic heterocycles. The maximum atomic E-state index is 12.3. The van der Waals surface area contributed by atoms with Gasteiger partial charge in [-0.25, -0.2) is 0 Å². The highest BCUT2D eigenvalue weighted by molar-refractivity contribution is 5.78. The van der Waals surface area contributed by atoms with Crippen LogP contribution in [0.5, 0.6) is 5.75 Å². The monoisotopic (exact) mass is 315 g/mol. The molecule has 2 heterocycles. The molecule has 6 heteroatoms. The Labute approximate surface area is 135 Å². The maximum Gasteiger partial charge on any atom is 0.249 e. The molecule has 1 fully saturated rings. The highest BCUT2D eigenvalue weighted by atomic mass is 16.5. The van der Waals surface area contributed by atoms with Crippen molar-refractivity contribution in [3.8, 4) is 17.1 Å². The second kappa shape index (κ2) is 6.40. The van der Waals surface area contributed by atoms with Crippen molar-refractivity contribution < 1.29 is 14.1 Å². The first-order chi connectivity index (χ1) is 11.1. The third kappa shape index (κ3) is 3.06. The lowest BCUT2D eigenvalue weighted by Crippen LogP contribution is -2.33. The van der Waals surface area contributed by atoms with Gasteiger partial charge in [0.1, 0.15) is 11.8 Å². The molecule has 3 rings (SSSR count). The minimum absolute atomic E-state index is 0.0311. The normalized spacial score (nSPS) is 17.7. The van der Waals surface area contributed by atoms with Gasteiger partial charge in [0.05, 0.1) is 7.11 Å². The first-order valence-corrected chi connectivity index (χ1v) is 7.88. The summed E-state index contributed by atoms with van der Waals surface area (Å²) < 4.78 is 10.7. The summed E-state index contributed by atoms with van der Waals surface area (Å²) in [6, 6.07) is 7.40. The maximum absolute atomic E-state index is 12.3. The Morgan fingerprint density at radius 3 is 3.00 bits per heavy atom. The number of hydrogen-bond acceptors (Lipinski definition) is 5. The number of hydrogen-bond donors (Lipinski definition) is 0. The summed E-state index contributed by atoms with van der Waals surface area (Å²) in [5, 5.41) is 4.07. The predicted octanol–water partition coefficient (Wildman–Crippen LogP) is 3.06. The van der Waals surface area contributed by atoms with Crippen molar-refractivity contribution in [1.29, 1.82) is 0 Å². The second-order valence-electron chi connectivity index (χ2n) is 6.03. The van der Waals surface area contributed by atoms with Crippen molar-refractivity contribution in [1.82, 2.24) is 15.0 Å². The first-order valence-electron chi connectivity index (χ1n) is 7.88. The van der Waals surface area contributed by atoms with Gasteiger partial charge in [0.2, 0.25) is 17.6 Å². The average Bonchev–Trinajstić information content (AvgIpc) is 3.22. The summed E-state index contributed by atoms with van der Waals surface area (Å²) in [7, 11) is 1.62. The number of nitrogens with zero attached hydrogens (tertiary/aromatic N) is 3. The van der Waals surface area contributed by atoms with E-state index in [1.165, 1.54) is 0 Å². The van der Waals surface area contributed by atoms with E-state index in [9.17, 15) is 4.79 Å². The van der Waals surface area contributed by atoms with Crippen LogP contribution in [0.25, 0.3) is 11.4 Å². The number of carbonyl (C=O) groups is 1. The van der Waals surface area contributed by atoms with Gasteiger partial charge in [-0.1, -0.05) is 31.1 Å². The lowest BCUT2D eigenvalue weighted by atomic mass is 10.1. The van der Waals surface area contributed by atoms with E-state index in [-0.39, 0.29) is 17.9 Å². The van der Waals surface area contributed by atoms with Crippen molar-refractivity contribution in [3.05, 3.63) is 30.2 Å². The quantitative estimate of drug-likeness (QED) is 0.867. The van der Waals surface area contributed by atoms with Crippen LogP contribution in [-0.2, 0) is 4.79 Å². The lowest BCUT2D eigenvalue weighted by molar-refractivity contribution is -0.135. The van der Waals surface area contributed by atoms with Gasteiger partial charge in [-0.3, -0.25) is 4.79 Å². The van der Waals surface area contributed by atoms with Gasteiger partial charge in [-0.2, -0.15) is 4.98 Å². The Morgan fingerprint density at radius 2 is 2.26 bits per heavy atom. The molecule has 0 radical (unpaired) electrons. The smallest absolute Gasteiger partial charge is 0.249 e. The second-order valence-corrected chi connectivity index (χ2v) is 6.03. The molecular weight excluding hydrogens is 294 g/mol. The molecule has 1 aliphatic rings. The van der Waals surface area contributed by atoms with Crippen molar-refractivity contribution >= 4 is 5.91 Å². The van der Waals surface area contributed by atoms with Crippen molar-refractivity contribution in [2.45, 2.75) is 32.7 Å². The van der Waals surface area contributed by atoms with Crippen LogP contribution in [0, 0.1) is 5.92 Å². The molecule has 1 aromatic carbocycles. The van der Waals surface area contributed by atoms with Gasteiger partial charge < -0.3 is 14.2 Å². The number of likely N-dealkylation sites (tertiary alicyclic amines) is 1. The Hall–Kier alpha value is -2.37. The van der Waals surface area contributed by atoms with Crippen LogP contribution in [0.3, 0.4) is 0 Å². The third-order valence-corrected chi connectivity index (χ3v) is 4.08. The Balaban J connectivity index is 1.85. The Kier molecular flexibility index (Phi) is 4.32. The van der Waals surface area contributed by atoms with Crippen molar-refractivity contribution in [2.75, 3.05) is 13.7 Å². The molecule has 0 spiro atoms. The van der Waals surface area contributed by atoms with Gasteiger partial charge in [-0.15, -0.1) is 0 Å². The summed E-state index contributed by atoms with van der Waals surface area (Å²) in [5.41, 5.74) is 0.832. The minimum atomic E-state index is -0.114. The highest BCUT2D eigenvalue weighted by Crippen LogP contribution is 2.33. The number of carbonyl (C=O) groups excluding carboxylic acids is 1. The summed E-state index contributed by atoms with van der Waals surface area (Å²) in [5.74, 6) is 1.87. The fraction of sp³-hybridized carbons (Fsp3) is 0.471. The number of methoxy groups -OCH3 is 1. The Bertz CT molecular complexity index is 696. The molecule has 0 unspecified atom stereocenters. The predicted molar refractivity (Wildman–Crippen MR) is 84.8 cm³/mol. The summed E-state index contributed by atoms with van der Waals surface area (Å²) >= 11 is 0. The van der Waals surface area contributed by atoms with E-state index in [1.54, 1.807) is 7.11 Å². The van der Waals surface area contributed by atoms with Gasteiger partial charge in [-0.05, 0) is 25.0 Å². The van der Waals surface area contributed by atoms with Crippen LogP contribution in [-0.4, -0.2) is 34.6 Å². The summed E-state index contributed by atoms with van der Waals surface area (Å²) in [4.78, 5) is 18.7. The van der Waals surface area contributed by atoms with E-state index in [1.807, 2.05) is 43.0 Å². The van der Waals surface area contributed by atoms with E-state index < -0.39 is 0 Å². The minimum Gasteiger partial charge on any atom is -0.497 e. The standard InChI is InChI=1S/C17H21N3O3/c1-11(2)17(21)20-9-5-8-14(20)16-18-15(19-23-16)12-6-4-7-13(10-12)22-3/h4,6-7,10-11,14H,5,8-9H2,1-3H3/t14-/m0/s1. The topological polar surface area (TPSA) is 68.5 Å². The van der Waals surface area contributed by atoms with Crippen LogP contribution in [0.15, 0.2) is 28.8 Å². The number of rotatable bonds is 4. The van der Waals surface area contributed by atoms with E-state index in [0.717, 1.165) is 30.7 Å². The van der Waals surface area contributed by atoms with Gasteiger partial charge in [0.15, 0.2) is 0 Å². The average molecular weight is 315 g/mol. The Morgan fingerprint density at radius 1 is 1.43 bits per heavy atom. The zero-order valence-electron chi connectivity index (χ0n) is 13.7. The molecule has 122 valence electrons. The molecule has 0 saturated carbocycles. The van der Waals surface area contributed by atoms with Crippen LogP contribution in [0.4, 0.5) is 0 Å². The number of ether oxygens (including phenoxy) is 1.